The molecule has 106 valence electrons. The molecule has 5 heteroatoms. The molecule has 2 N–H and O–H groups in total. The zero-order valence-electron chi connectivity index (χ0n) is 11.9. The third-order valence-electron chi connectivity index (χ3n) is 3.19. The van der Waals surface area contributed by atoms with Crippen LogP contribution in [0.3, 0.4) is 0 Å². The lowest BCUT2D eigenvalue weighted by Gasteiger charge is -2.12. The van der Waals surface area contributed by atoms with Crippen LogP contribution in [0.25, 0.3) is 11.3 Å². The Balaban J connectivity index is 2.46. The number of carboxylic acid groups (broad SMARTS) is 1. The van der Waals surface area contributed by atoms with Crippen molar-refractivity contribution in [3.05, 3.63) is 35.3 Å². The third-order valence-corrected chi connectivity index (χ3v) is 3.19. The van der Waals surface area contributed by atoms with Gasteiger partial charge >= 0.3 is 5.97 Å². The van der Waals surface area contributed by atoms with Gasteiger partial charge in [-0.2, -0.15) is 0 Å². The predicted octanol–water partition coefficient (Wildman–Crippen LogP) is 2.72. The number of H-pyrrole nitrogens is 1. The van der Waals surface area contributed by atoms with E-state index in [1.54, 1.807) is 13.4 Å². The topological polar surface area (TPSA) is 75.2 Å². The molecule has 0 aliphatic carbocycles. The summed E-state index contributed by atoms with van der Waals surface area (Å²) in [6.45, 7) is 4.00. The molecule has 0 saturated carbocycles. The van der Waals surface area contributed by atoms with Gasteiger partial charge in [-0.15, -0.1) is 0 Å². The van der Waals surface area contributed by atoms with Crippen molar-refractivity contribution in [3.63, 3.8) is 0 Å². The van der Waals surface area contributed by atoms with Gasteiger partial charge in [0.15, 0.2) is 0 Å². The van der Waals surface area contributed by atoms with Crippen molar-refractivity contribution < 1.29 is 14.6 Å². The van der Waals surface area contributed by atoms with Crippen LogP contribution in [0.4, 0.5) is 0 Å². The van der Waals surface area contributed by atoms with Gasteiger partial charge in [0.25, 0.3) is 0 Å². The number of aryl methyl sites for hydroxylation is 3. The van der Waals surface area contributed by atoms with Crippen LogP contribution in [0.1, 0.15) is 23.2 Å². The molecule has 0 saturated heterocycles. The zero-order valence-corrected chi connectivity index (χ0v) is 11.9. The number of hydrogen-bond acceptors (Lipinski definition) is 3. The first-order valence-corrected chi connectivity index (χ1v) is 6.42. The Hall–Kier alpha value is -2.30. The Morgan fingerprint density at radius 1 is 1.40 bits per heavy atom. The average Bonchev–Trinajstić information content (AvgIpc) is 2.83. The maximum atomic E-state index is 10.7. The minimum atomic E-state index is -0.821. The molecule has 0 unspecified atom stereocenters. The molecule has 0 fully saturated rings. The predicted molar refractivity (Wildman–Crippen MR) is 76.0 cm³/mol. The van der Waals surface area contributed by atoms with Crippen molar-refractivity contribution in [1.82, 2.24) is 9.97 Å². The van der Waals surface area contributed by atoms with E-state index in [4.69, 9.17) is 9.84 Å². The molecule has 0 aliphatic heterocycles. The van der Waals surface area contributed by atoms with E-state index in [9.17, 15) is 4.79 Å². The molecule has 0 aliphatic rings. The molecule has 2 aromatic rings. The SMILES string of the molecule is COc1c(C)cc(C)cc1-c1nc[nH]c1CCC(=O)O. The summed E-state index contributed by atoms with van der Waals surface area (Å²) in [5, 5.41) is 8.80. The lowest BCUT2D eigenvalue weighted by atomic mass is 10.0. The summed E-state index contributed by atoms with van der Waals surface area (Å²) in [5.41, 5.74) is 4.62. The Kier molecular flexibility index (Phi) is 4.08. The summed E-state index contributed by atoms with van der Waals surface area (Å²) in [7, 11) is 1.63. The molecule has 1 heterocycles. The molecule has 1 aromatic heterocycles. The second kappa shape index (κ2) is 5.77. The van der Waals surface area contributed by atoms with Crippen molar-refractivity contribution in [2.45, 2.75) is 26.7 Å². The van der Waals surface area contributed by atoms with Crippen molar-refractivity contribution in [1.29, 1.82) is 0 Å². The Labute approximate surface area is 117 Å². The van der Waals surface area contributed by atoms with E-state index in [1.165, 1.54) is 0 Å². The summed E-state index contributed by atoms with van der Waals surface area (Å²) in [6.07, 6.45) is 2.08. The van der Waals surface area contributed by atoms with E-state index in [2.05, 4.69) is 9.97 Å². The fourth-order valence-electron chi connectivity index (χ4n) is 2.38. The van der Waals surface area contributed by atoms with E-state index in [1.807, 2.05) is 26.0 Å². The van der Waals surface area contributed by atoms with Crippen LogP contribution in [0.2, 0.25) is 0 Å². The first-order chi connectivity index (χ1) is 9.52. The number of hydrogen-bond donors (Lipinski definition) is 2. The van der Waals surface area contributed by atoms with Crippen molar-refractivity contribution in [3.8, 4) is 17.0 Å². The van der Waals surface area contributed by atoms with E-state index >= 15 is 0 Å². The van der Waals surface area contributed by atoms with Crippen molar-refractivity contribution >= 4 is 5.97 Å². The van der Waals surface area contributed by atoms with Gasteiger partial charge in [0.1, 0.15) is 5.75 Å². The van der Waals surface area contributed by atoms with Crippen LogP contribution >= 0.6 is 0 Å². The highest BCUT2D eigenvalue weighted by Crippen LogP contribution is 2.34. The van der Waals surface area contributed by atoms with Gasteiger partial charge in [-0.1, -0.05) is 6.07 Å². The van der Waals surface area contributed by atoms with Crippen LogP contribution in [0.15, 0.2) is 18.5 Å². The number of imidazole rings is 1. The van der Waals surface area contributed by atoms with Crippen LogP contribution < -0.4 is 4.74 Å². The Bertz CT molecular complexity index is 632. The van der Waals surface area contributed by atoms with Gasteiger partial charge in [0.2, 0.25) is 0 Å². The quantitative estimate of drug-likeness (QED) is 0.879. The number of aliphatic carboxylic acids is 1. The highest BCUT2D eigenvalue weighted by molar-refractivity contribution is 5.73. The molecule has 0 spiro atoms. The maximum absolute atomic E-state index is 10.7. The minimum absolute atomic E-state index is 0.0717. The van der Waals surface area contributed by atoms with Crippen molar-refractivity contribution in [2.24, 2.45) is 0 Å². The van der Waals surface area contributed by atoms with Crippen LogP contribution in [0, 0.1) is 13.8 Å². The second-order valence-corrected chi connectivity index (χ2v) is 4.79. The number of methoxy groups -OCH3 is 1. The monoisotopic (exact) mass is 274 g/mol. The van der Waals surface area contributed by atoms with Crippen molar-refractivity contribution in [2.75, 3.05) is 7.11 Å². The lowest BCUT2D eigenvalue weighted by Crippen LogP contribution is -2.00. The molecule has 0 bridgehead atoms. The van der Waals surface area contributed by atoms with E-state index < -0.39 is 5.97 Å². The summed E-state index contributed by atoms with van der Waals surface area (Å²) >= 11 is 0. The number of nitrogens with one attached hydrogen (secondary N) is 1. The van der Waals surface area contributed by atoms with E-state index in [0.717, 1.165) is 33.8 Å². The fraction of sp³-hybridized carbons (Fsp3) is 0.333. The number of ether oxygens (including phenoxy) is 1. The first-order valence-electron chi connectivity index (χ1n) is 6.42. The Morgan fingerprint density at radius 3 is 2.80 bits per heavy atom. The molecular weight excluding hydrogens is 256 g/mol. The molecule has 0 atom stereocenters. The molecule has 0 radical (unpaired) electrons. The van der Waals surface area contributed by atoms with Crippen LogP contribution in [0.5, 0.6) is 5.75 Å². The fourth-order valence-corrected chi connectivity index (χ4v) is 2.38. The molecular formula is C15H18N2O3. The third kappa shape index (κ3) is 2.82. The van der Waals surface area contributed by atoms with E-state index in [0.29, 0.717) is 6.42 Å². The number of carboxylic acids is 1. The summed E-state index contributed by atoms with van der Waals surface area (Å²) in [5.74, 6) is -0.0442. The minimum Gasteiger partial charge on any atom is -0.496 e. The largest absolute Gasteiger partial charge is 0.496 e. The van der Waals surface area contributed by atoms with Gasteiger partial charge in [-0.25, -0.2) is 4.98 Å². The first kappa shape index (κ1) is 14.1. The molecule has 1 aromatic carbocycles. The molecule has 20 heavy (non-hydrogen) atoms. The smallest absolute Gasteiger partial charge is 0.303 e. The Morgan fingerprint density at radius 2 is 2.15 bits per heavy atom. The summed E-state index contributed by atoms with van der Waals surface area (Å²) < 4.78 is 5.47. The second-order valence-electron chi connectivity index (χ2n) is 4.79. The van der Waals surface area contributed by atoms with Crippen LogP contribution in [-0.2, 0) is 11.2 Å². The highest BCUT2D eigenvalue weighted by atomic mass is 16.5. The zero-order chi connectivity index (χ0) is 14.7. The standard InChI is InChI=1S/C15H18N2O3/c1-9-6-10(2)15(20-3)11(7-9)14-12(16-8-17-14)4-5-13(18)19/h6-8H,4-5H2,1-3H3,(H,16,17)(H,18,19). The number of rotatable bonds is 5. The lowest BCUT2D eigenvalue weighted by molar-refractivity contribution is -0.136. The number of nitrogens with zero attached hydrogens (tertiary/aromatic N) is 1. The highest BCUT2D eigenvalue weighted by Gasteiger charge is 2.16. The summed E-state index contributed by atoms with van der Waals surface area (Å²) in [4.78, 5) is 18.1. The average molecular weight is 274 g/mol. The van der Waals surface area contributed by atoms with Gasteiger partial charge < -0.3 is 14.8 Å². The maximum Gasteiger partial charge on any atom is 0.303 e. The van der Waals surface area contributed by atoms with Gasteiger partial charge in [-0.05, 0) is 31.0 Å². The van der Waals surface area contributed by atoms with Gasteiger partial charge in [0, 0.05) is 17.7 Å². The normalized spacial score (nSPS) is 10.6. The molecule has 2 rings (SSSR count). The number of aromatic amines is 1. The van der Waals surface area contributed by atoms with Gasteiger partial charge in [0.05, 0.1) is 25.6 Å². The number of aromatic nitrogens is 2. The van der Waals surface area contributed by atoms with Gasteiger partial charge in [-0.3, -0.25) is 4.79 Å². The number of benzene rings is 1. The molecule has 5 nitrogen and oxygen atoms in total. The van der Waals surface area contributed by atoms with Crippen LogP contribution in [-0.4, -0.2) is 28.2 Å². The number of carbonyl (C=O) groups is 1. The summed E-state index contributed by atoms with van der Waals surface area (Å²) in [6, 6.07) is 4.05. The van der Waals surface area contributed by atoms with E-state index in [-0.39, 0.29) is 6.42 Å². The molecule has 0 amide bonds.